The van der Waals surface area contributed by atoms with Gasteiger partial charge in [0.15, 0.2) is 0 Å². The highest BCUT2D eigenvalue weighted by Gasteiger charge is 2.31. The van der Waals surface area contributed by atoms with Crippen LogP contribution in [0.15, 0.2) is 35.3 Å². The molecule has 1 saturated heterocycles. The maximum atomic E-state index is 13.7. The first-order valence-electron chi connectivity index (χ1n) is 11.9. The summed E-state index contributed by atoms with van der Waals surface area (Å²) in [5, 5.41) is 4.61. The summed E-state index contributed by atoms with van der Waals surface area (Å²) in [5.74, 6) is 0.489. The molecule has 1 aromatic carbocycles. The van der Waals surface area contributed by atoms with Crippen molar-refractivity contribution in [3.05, 3.63) is 51.4 Å². The fourth-order valence-electron chi connectivity index (χ4n) is 4.90. The van der Waals surface area contributed by atoms with Gasteiger partial charge in [0.1, 0.15) is 0 Å². The van der Waals surface area contributed by atoms with Crippen LogP contribution in [0.4, 0.5) is 5.69 Å². The molecule has 1 aromatic heterocycles. The van der Waals surface area contributed by atoms with Crippen LogP contribution in [0.3, 0.4) is 0 Å². The summed E-state index contributed by atoms with van der Waals surface area (Å²) in [6, 6.07) is 7.17. The molecule has 2 aliphatic rings. The monoisotopic (exact) mass is 492 g/mol. The van der Waals surface area contributed by atoms with E-state index in [4.69, 9.17) is 11.6 Å². The van der Waals surface area contributed by atoms with Gasteiger partial charge in [0, 0.05) is 36.8 Å². The molecule has 0 spiro atoms. The highest BCUT2D eigenvalue weighted by atomic mass is 35.5. The van der Waals surface area contributed by atoms with Gasteiger partial charge in [-0.1, -0.05) is 49.8 Å². The van der Waals surface area contributed by atoms with E-state index in [1.807, 2.05) is 12.1 Å². The van der Waals surface area contributed by atoms with Gasteiger partial charge >= 0.3 is 0 Å². The smallest absolute Gasteiger partial charge is 0.276 e. The maximum absolute atomic E-state index is 13.7. The zero-order valence-electron chi connectivity index (χ0n) is 19.4. The zero-order chi connectivity index (χ0) is 23.6. The van der Waals surface area contributed by atoms with Gasteiger partial charge in [-0.25, -0.2) is 8.42 Å². The standard InChI is InChI=1S/C24H33ClN4O3S/c1-18(2)33(31,32)28-13-11-27(12-14-28)23-17-26-29(21-10-6-9-20(25)16-21)24(30)22(23)15-19-7-4-3-5-8-19/h6,9-10,16-19H,3-5,7-8,11-15H2,1-2H3. The third-order valence-electron chi connectivity index (χ3n) is 6.86. The lowest BCUT2D eigenvalue weighted by Crippen LogP contribution is -2.51. The molecule has 2 heterocycles. The van der Waals surface area contributed by atoms with Crippen molar-refractivity contribution in [2.75, 3.05) is 31.1 Å². The summed E-state index contributed by atoms with van der Waals surface area (Å²) in [6.07, 6.45) is 8.45. The lowest BCUT2D eigenvalue weighted by molar-refractivity contribution is 0.354. The van der Waals surface area contributed by atoms with E-state index in [-0.39, 0.29) is 5.56 Å². The molecule has 1 aliphatic carbocycles. The van der Waals surface area contributed by atoms with Crippen molar-refractivity contribution in [2.24, 2.45) is 5.92 Å². The molecule has 2 fully saturated rings. The second-order valence-corrected chi connectivity index (χ2v) is 12.3. The highest BCUT2D eigenvalue weighted by molar-refractivity contribution is 7.89. The third-order valence-corrected chi connectivity index (χ3v) is 9.37. The summed E-state index contributed by atoms with van der Waals surface area (Å²) >= 11 is 6.16. The lowest BCUT2D eigenvalue weighted by Gasteiger charge is -2.37. The normalized spacial score (nSPS) is 18.7. The van der Waals surface area contributed by atoms with E-state index in [9.17, 15) is 13.2 Å². The minimum absolute atomic E-state index is 0.113. The Hall–Kier alpha value is -1.90. The largest absolute Gasteiger partial charge is 0.367 e. The quantitative estimate of drug-likeness (QED) is 0.611. The van der Waals surface area contributed by atoms with Crippen molar-refractivity contribution in [2.45, 2.75) is 57.6 Å². The Balaban J connectivity index is 1.66. The number of anilines is 1. The van der Waals surface area contributed by atoms with Gasteiger partial charge in [-0.15, -0.1) is 0 Å². The van der Waals surface area contributed by atoms with Crippen LogP contribution in [0.5, 0.6) is 0 Å². The van der Waals surface area contributed by atoms with Crippen LogP contribution in [0.1, 0.15) is 51.5 Å². The summed E-state index contributed by atoms with van der Waals surface area (Å²) < 4.78 is 28.1. The molecule has 1 saturated carbocycles. The molecule has 9 heteroatoms. The Morgan fingerprint density at radius 1 is 1.09 bits per heavy atom. The van der Waals surface area contributed by atoms with Crippen LogP contribution in [-0.4, -0.2) is 53.9 Å². The van der Waals surface area contributed by atoms with Crippen LogP contribution in [0.2, 0.25) is 5.02 Å². The number of piperazine rings is 1. The minimum Gasteiger partial charge on any atom is -0.367 e. The average Bonchev–Trinajstić information content (AvgIpc) is 2.81. The molecule has 1 aliphatic heterocycles. The van der Waals surface area contributed by atoms with Gasteiger partial charge in [-0.05, 0) is 44.4 Å². The molecule has 7 nitrogen and oxygen atoms in total. The molecule has 4 rings (SSSR count). The molecule has 0 bridgehead atoms. The van der Waals surface area contributed by atoms with E-state index in [2.05, 4.69) is 10.00 Å². The van der Waals surface area contributed by atoms with Crippen LogP contribution >= 0.6 is 11.6 Å². The van der Waals surface area contributed by atoms with E-state index in [1.54, 1.807) is 36.5 Å². The Kier molecular flexibility index (Phi) is 7.46. The fourth-order valence-corrected chi connectivity index (χ4v) is 6.35. The van der Waals surface area contributed by atoms with Crippen LogP contribution in [0.25, 0.3) is 5.69 Å². The summed E-state index contributed by atoms with van der Waals surface area (Å²) in [5.41, 5.74) is 2.15. The van der Waals surface area contributed by atoms with Crippen molar-refractivity contribution >= 4 is 27.3 Å². The zero-order valence-corrected chi connectivity index (χ0v) is 21.0. The first-order chi connectivity index (χ1) is 15.8. The van der Waals surface area contributed by atoms with Gasteiger partial charge < -0.3 is 4.90 Å². The number of benzene rings is 1. The van der Waals surface area contributed by atoms with Gasteiger partial charge in [0.2, 0.25) is 10.0 Å². The first kappa shape index (κ1) is 24.2. The number of aromatic nitrogens is 2. The Morgan fingerprint density at radius 3 is 2.42 bits per heavy atom. The Labute approximate surface area is 201 Å². The van der Waals surface area contributed by atoms with E-state index >= 15 is 0 Å². The molecule has 2 aromatic rings. The molecular weight excluding hydrogens is 460 g/mol. The SMILES string of the molecule is CC(C)S(=O)(=O)N1CCN(c2cnn(-c3cccc(Cl)c3)c(=O)c2CC2CCCCC2)CC1. The number of halogens is 1. The molecule has 0 atom stereocenters. The number of rotatable bonds is 6. The van der Waals surface area contributed by atoms with Crippen LogP contribution < -0.4 is 10.5 Å². The van der Waals surface area contributed by atoms with Crippen LogP contribution in [0, 0.1) is 5.92 Å². The second-order valence-electron chi connectivity index (χ2n) is 9.39. The number of hydrogen-bond donors (Lipinski definition) is 0. The Morgan fingerprint density at radius 2 is 1.79 bits per heavy atom. The van der Waals surface area contributed by atoms with Crippen LogP contribution in [-0.2, 0) is 16.4 Å². The maximum Gasteiger partial charge on any atom is 0.276 e. The average molecular weight is 493 g/mol. The first-order valence-corrected chi connectivity index (χ1v) is 13.8. The molecule has 33 heavy (non-hydrogen) atoms. The fraction of sp³-hybridized carbons (Fsp3) is 0.583. The predicted octanol–water partition coefficient (Wildman–Crippen LogP) is 3.87. The number of hydrogen-bond acceptors (Lipinski definition) is 5. The lowest BCUT2D eigenvalue weighted by atomic mass is 9.85. The molecule has 0 unspecified atom stereocenters. The predicted molar refractivity (Wildman–Crippen MR) is 133 cm³/mol. The van der Waals surface area contributed by atoms with Gasteiger partial charge in [0.25, 0.3) is 5.56 Å². The molecule has 0 amide bonds. The van der Waals surface area contributed by atoms with E-state index < -0.39 is 15.3 Å². The van der Waals surface area contributed by atoms with E-state index in [0.29, 0.717) is 42.8 Å². The van der Waals surface area contributed by atoms with Crippen molar-refractivity contribution in [3.63, 3.8) is 0 Å². The topological polar surface area (TPSA) is 75.5 Å². The molecule has 0 N–H and O–H groups in total. The second kappa shape index (κ2) is 10.2. The van der Waals surface area contributed by atoms with Crippen molar-refractivity contribution in [3.8, 4) is 5.69 Å². The van der Waals surface area contributed by atoms with Gasteiger partial charge in [-0.3, -0.25) is 4.79 Å². The van der Waals surface area contributed by atoms with Crippen molar-refractivity contribution in [1.29, 1.82) is 0 Å². The number of sulfonamides is 1. The molecule has 0 radical (unpaired) electrons. The molecule has 180 valence electrons. The molecular formula is C24H33ClN4O3S. The third kappa shape index (κ3) is 5.28. The van der Waals surface area contributed by atoms with Crippen molar-refractivity contribution < 1.29 is 8.42 Å². The van der Waals surface area contributed by atoms with Gasteiger partial charge in [0.05, 0.1) is 22.8 Å². The summed E-state index contributed by atoms with van der Waals surface area (Å²) in [6.45, 7) is 5.35. The van der Waals surface area contributed by atoms with Gasteiger partial charge in [-0.2, -0.15) is 14.1 Å². The minimum atomic E-state index is -3.28. The summed E-state index contributed by atoms with van der Waals surface area (Å²) in [4.78, 5) is 15.8. The Bertz CT molecular complexity index is 1130. The highest BCUT2D eigenvalue weighted by Crippen LogP contribution is 2.30. The van der Waals surface area contributed by atoms with E-state index in [0.717, 1.165) is 30.5 Å². The summed E-state index contributed by atoms with van der Waals surface area (Å²) in [7, 11) is -3.28. The van der Waals surface area contributed by atoms with E-state index in [1.165, 1.54) is 23.9 Å². The number of nitrogens with zero attached hydrogens (tertiary/aromatic N) is 4. The van der Waals surface area contributed by atoms with Crippen molar-refractivity contribution in [1.82, 2.24) is 14.1 Å².